The number of carbonyl (C=O) groups excluding carboxylic acids is 2. The quantitative estimate of drug-likeness (QED) is 0.629. The van der Waals surface area contributed by atoms with Crippen LogP contribution in [-0.4, -0.2) is 36.5 Å². The van der Waals surface area contributed by atoms with Crippen LogP contribution in [0.3, 0.4) is 0 Å². The second-order valence-corrected chi connectivity index (χ2v) is 8.74. The fraction of sp³-hybridized carbons (Fsp3) is 0.714. The fourth-order valence-corrected chi connectivity index (χ4v) is 5.48. The van der Waals surface area contributed by atoms with Crippen molar-refractivity contribution in [3.63, 3.8) is 0 Å². The number of allylic oxidation sites excluding steroid dienone is 3. The Morgan fingerprint density at radius 1 is 1.36 bits per heavy atom. The summed E-state index contributed by atoms with van der Waals surface area (Å²) in [5.74, 6) is 0.681. The Labute approximate surface area is 150 Å². The van der Waals surface area contributed by atoms with Crippen LogP contribution in [0.15, 0.2) is 22.8 Å². The minimum atomic E-state index is -0.878. The number of aliphatic hydroxyl groups is 1. The zero-order valence-corrected chi connectivity index (χ0v) is 16.0. The second kappa shape index (κ2) is 6.17. The predicted molar refractivity (Wildman–Crippen MR) is 96.0 cm³/mol. The summed E-state index contributed by atoms with van der Waals surface area (Å²) in [6.07, 6.45) is 3.99. The van der Waals surface area contributed by atoms with Crippen LogP contribution in [-0.2, 0) is 14.3 Å². The molecule has 0 aromatic rings. The molecular formula is C21H30O4. The summed E-state index contributed by atoms with van der Waals surface area (Å²) < 4.78 is 5.47. The van der Waals surface area contributed by atoms with Crippen molar-refractivity contribution in [2.45, 2.75) is 65.6 Å². The van der Waals surface area contributed by atoms with E-state index >= 15 is 0 Å². The van der Waals surface area contributed by atoms with E-state index in [0.717, 1.165) is 19.1 Å². The van der Waals surface area contributed by atoms with E-state index in [1.807, 2.05) is 13.0 Å². The number of ether oxygens (including phenoxy) is 1. The third-order valence-corrected chi connectivity index (χ3v) is 7.10. The number of hydrogen-bond donors (Lipinski definition) is 1. The highest BCUT2D eigenvalue weighted by Crippen LogP contribution is 2.61. The van der Waals surface area contributed by atoms with Crippen LogP contribution in [0.1, 0.15) is 53.4 Å². The van der Waals surface area contributed by atoms with Crippen molar-refractivity contribution >= 4 is 12.1 Å². The second-order valence-electron chi connectivity index (χ2n) is 8.74. The Morgan fingerprint density at radius 2 is 2.04 bits per heavy atom. The first-order valence-corrected chi connectivity index (χ1v) is 9.33. The number of ketones is 1. The van der Waals surface area contributed by atoms with Gasteiger partial charge in [0, 0.05) is 29.9 Å². The van der Waals surface area contributed by atoms with Crippen LogP contribution in [0.5, 0.6) is 0 Å². The SMILES string of the molecule is CO[C@@H]1C(C=O)=CC[C@H]2C3=C(C(C)C)CC[C@]3(C)C(=O)C[C@@]2(C)[C@H]1O. The Morgan fingerprint density at radius 3 is 2.60 bits per heavy atom. The van der Waals surface area contributed by atoms with Crippen molar-refractivity contribution in [2.75, 3.05) is 7.11 Å². The fourth-order valence-electron chi connectivity index (χ4n) is 5.48. The molecule has 25 heavy (non-hydrogen) atoms. The molecule has 3 aliphatic rings. The number of aliphatic hydroxyl groups excluding tert-OH is 1. The van der Waals surface area contributed by atoms with Crippen molar-refractivity contribution in [3.05, 3.63) is 22.8 Å². The van der Waals surface area contributed by atoms with Gasteiger partial charge in [-0.15, -0.1) is 0 Å². The van der Waals surface area contributed by atoms with Gasteiger partial charge in [0.2, 0.25) is 0 Å². The Bertz CT molecular complexity index is 659. The van der Waals surface area contributed by atoms with Crippen LogP contribution in [0.4, 0.5) is 0 Å². The lowest BCUT2D eigenvalue weighted by Gasteiger charge is -2.51. The molecule has 1 fully saturated rings. The van der Waals surface area contributed by atoms with E-state index in [0.29, 0.717) is 24.3 Å². The summed E-state index contributed by atoms with van der Waals surface area (Å²) in [6, 6.07) is 0. The molecule has 0 aromatic heterocycles. The van der Waals surface area contributed by atoms with Crippen LogP contribution in [0.25, 0.3) is 0 Å². The van der Waals surface area contributed by atoms with Gasteiger partial charge in [-0.1, -0.05) is 38.0 Å². The average molecular weight is 346 g/mol. The number of methoxy groups -OCH3 is 1. The third kappa shape index (κ3) is 2.48. The van der Waals surface area contributed by atoms with Crippen molar-refractivity contribution in [3.8, 4) is 0 Å². The minimum Gasteiger partial charge on any atom is -0.389 e. The Balaban J connectivity index is 2.19. The molecule has 1 saturated carbocycles. The van der Waals surface area contributed by atoms with Gasteiger partial charge in [0.1, 0.15) is 18.2 Å². The van der Waals surface area contributed by atoms with Gasteiger partial charge in [-0.3, -0.25) is 9.59 Å². The Hall–Kier alpha value is -1.26. The molecule has 0 spiro atoms. The third-order valence-electron chi connectivity index (χ3n) is 7.10. The first-order chi connectivity index (χ1) is 11.7. The summed E-state index contributed by atoms with van der Waals surface area (Å²) in [5, 5.41) is 11.2. The molecule has 0 bridgehead atoms. The molecule has 3 aliphatic carbocycles. The van der Waals surface area contributed by atoms with E-state index in [1.165, 1.54) is 18.3 Å². The zero-order chi connectivity index (χ0) is 18.6. The van der Waals surface area contributed by atoms with Gasteiger partial charge >= 0.3 is 0 Å². The van der Waals surface area contributed by atoms with Gasteiger partial charge in [0.05, 0.1) is 6.10 Å². The van der Waals surface area contributed by atoms with Gasteiger partial charge in [-0.2, -0.15) is 0 Å². The molecule has 0 aliphatic heterocycles. The number of Topliss-reactive ketones (excluding diaryl/α,β-unsaturated/α-hetero) is 1. The molecule has 0 amide bonds. The van der Waals surface area contributed by atoms with E-state index in [-0.39, 0.29) is 11.7 Å². The summed E-state index contributed by atoms with van der Waals surface area (Å²) in [5.41, 5.74) is 2.07. The topological polar surface area (TPSA) is 63.6 Å². The largest absolute Gasteiger partial charge is 0.389 e. The molecule has 4 heteroatoms. The monoisotopic (exact) mass is 346 g/mol. The maximum atomic E-state index is 13.2. The number of hydrogen-bond acceptors (Lipinski definition) is 4. The smallest absolute Gasteiger partial charge is 0.148 e. The van der Waals surface area contributed by atoms with E-state index < -0.39 is 23.0 Å². The van der Waals surface area contributed by atoms with Crippen molar-refractivity contribution in [1.82, 2.24) is 0 Å². The van der Waals surface area contributed by atoms with Crippen LogP contribution in [0.2, 0.25) is 0 Å². The van der Waals surface area contributed by atoms with Crippen molar-refractivity contribution in [1.29, 1.82) is 0 Å². The number of rotatable bonds is 3. The normalized spacial score (nSPS) is 41.3. The highest BCUT2D eigenvalue weighted by atomic mass is 16.5. The summed E-state index contributed by atoms with van der Waals surface area (Å²) in [7, 11) is 1.51. The molecule has 0 radical (unpaired) electrons. The molecular weight excluding hydrogens is 316 g/mol. The number of carbonyl (C=O) groups is 2. The molecule has 1 N–H and O–H groups in total. The van der Waals surface area contributed by atoms with Gasteiger partial charge in [0.15, 0.2) is 0 Å². The van der Waals surface area contributed by atoms with Gasteiger partial charge < -0.3 is 9.84 Å². The molecule has 0 unspecified atom stereocenters. The van der Waals surface area contributed by atoms with Crippen LogP contribution < -0.4 is 0 Å². The molecule has 138 valence electrons. The van der Waals surface area contributed by atoms with Crippen molar-refractivity contribution < 1.29 is 19.4 Å². The number of fused-ring (bicyclic) bond motifs is 3. The predicted octanol–water partition coefficient (Wildman–Crippen LogP) is 3.24. The lowest BCUT2D eigenvalue weighted by molar-refractivity contribution is -0.142. The average Bonchev–Trinajstić information content (AvgIpc) is 2.87. The maximum Gasteiger partial charge on any atom is 0.148 e. The van der Waals surface area contributed by atoms with E-state index in [9.17, 15) is 14.7 Å². The summed E-state index contributed by atoms with van der Waals surface area (Å²) in [6.45, 7) is 8.44. The highest BCUT2D eigenvalue weighted by molar-refractivity contribution is 5.91. The molecule has 0 saturated heterocycles. The highest BCUT2D eigenvalue weighted by Gasteiger charge is 2.60. The standard InChI is InChI=1S/C21H30O4/c1-12(2)14-8-9-20(3)16(23)10-21(4)15(17(14)20)7-6-13(11-22)18(25-5)19(21)24/h6,11-12,15,18-19,24H,7-10H2,1-5H3/t15-,18+,19-,20+,21+/m0/s1. The van der Waals surface area contributed by atoms with E-state index in [1.54, 1.807) is 0 Å². The van der Waals surface area contributed by atoms with Gasteiger partial charge in [-0.25, -0.2) is 0 Å². The summed E-state index contributed by atoms with van der Waals surface area (Å²) in [4.78, 5) is 24.7. The number of aldehydes is 1. The Kier molecular flexibility index (Phi) is 4.57. The molecule has 4 nitrogen and oxygen atoms in total. The molecule has 0 aromatic carbocycles. The molecule has 5 atom stereocenters. The van der Waals surface area contributed by atoms with Gasteiger partial charge in [-0.05, 0) is 38.0 Å². The van der Waals surface area contributed by atoms with Gasteiger partial charge in [0.25, 0.3) is 0 Å². The van der Waals surface area contributed by atoms with Crippen molar-refractivity contribution in [2.24, 2.45) is 22.7 Å². The first kappa shape index (κ1) is 18.5. The zero-order valence-electron chi connectivity index (χ0n) is 16.0. The lowest BCUT2D eigenvalue weighted by Crippen LogP contribution is -2.54. The van der Waals surface area contributed by atoms with E-state index in [2.05, 4.69) is 20.8 Å². The lowest BCUT2D eigenvalue weighted by atomic mass is 9.53. The van der Waals surface area contributed by atoms with Crippen LogP contribution >= 0.6 is 0 Å². The minimum absolute atomic E-state index is 0.0696. The van der Waals surface area contributed by atoms with E-state index in [4.69, 9.17) is 4.74 Å². The summed E-state index contributed by atoms with van der Waals surface area (Å²) >= 11 is 0. The maximum absolute atomic E-state index is 13.2. The van der Waals surface area contributed by atoms with Crippen LogP contribution in [0, 0.1) is 22.7 Å². The first-order valence-electron chi connectivity index (χ1n) is 9.33. The molecule has 3 rings (SSSR count). The molecule has 0 heterocycles.